The van der Waals surface area contributed by atoms with Gasteiger partial charge in [-0.3, -0.25) is 4.21 Å². The molecule has 0 aromatic carbocycles. The second-order valence-corrected chi connectivity index (χ2v) is 3.53. The topological polar surface area (TPSA) is 57.9 Å². The minimum absolute atomic E-state index is 0.259. The Morgan fingerprint density at radius 3 is 2.92 bits per heavy atom. The quantitative estimate of drug-likeness (QED) is 0.499. The summed E-state index contributed by atoms with van der Waals surface area (Å²) in [5, 5.41) is 0. The molecule has 0 aliphatic carbocycles. The Balaban J connectivity index is 2.07. The number of hydrogen-bond acceptors (Lipinski definition) is 3. The van der Waals surface area contributed by atoms with Gasteiger partial charge in [0, 0.05) is 24.7 Å². The number of unbranched alkanes of at least 4 members (excludes halogenated alkanes) is 1. The molecule has 0 amide bonds. The second kappa shape index (κ2) is 5.05. The average molecular weight is 187 g/mol. The fraction of sp³-hybridized carbons (Fsp3) is 0.571. The molecule has 0 saturated heterocycles. The molecular weight excluding hydrogens is 176 g/mol. The van der Waals surface area contributed by atoms with Gasteiger partial charge in [-0.1, -0.05) is 11.1 Å². The number of nitrogens with zero attached hydrogens (tertiary/aromatic N) is 2. The van der Waals surface area contributed by atoms with Crippen LogP contribution in [0.25, 0.3) is 0 Å². The Morgan fingerprint density at radius 1 is 1.50 bits per heavy atom. The minimum Gasteiger partial charge on any atom is -0.772 e. The monoisotopic (exact) mass is 187 g/mol. The lowest BCUT2D eigenvalue weighted by Crippen LogP contribution is -1.99. The molecular formula is C7H11N2O2S-. The number of imidazole rings is 1. The zero-order chi connectivity index (χ0) is 8.81. The zero-order valence-electron chi connectivity index (χ0n) is 6.68. The largest absolute Gasteiger partial charge is 0.772 e. The fourth-order valence-electron chi connectivity index (χ4n) is 0.933. The first kappa shape index (κ1) is 9.41. The number of aryl methyl sites for hydroxylation is 1. The van der Waals surface area contributed by atoms with E-state index in [-0.39, 0.29) is 5.75 Å². The molecule has 1 aromatic rings. The van der Waals surface area contributed by atoms with Crippen molar-refractivity contribution >= 4 is 11.1 Å². The molecule has 1 unspecified atom stereocenters. The lowest BCUT2D eigenvalue weighted by Gasteiger charge is -2.04. The Morgan fingerprint density at radius 2 is 2.33 bits per heavy atom. The smallest absolute Gasteiger partial charge is 0.0945 e. The first-order valence-electron chi connectivity index (χ1n) is 3.80. The van der Waals surface area contributed by atoms with Crippen LogP contribution in [0.3, 0.4) is 0 Å². The molecule has 12 heavy (non-hydrogen) atoms. The van der Waals surface area contributed by atoms with Crippen molar-refractivity contribution in [3.05, 3.63) is 18.7 Å². The van der Waals surface area contributed by atoms with Crippen LogP contribution in [0.5, 0.6) is 0 Å². The Kier molecular flexibility index (Phi) is 3.96. The second-order valence-electron chi connectivity index (χ2n) is 2.52. The third-order valence-corrected chi connectivity index (χ3v) is 2.16. The highest BCUT2D eigenvalue weighted by Gasteiger charge is 1.90. The van der Waals surface area contributed by atoms with Crippen LogP contribution in [-0.4, -0.2) is 24.1 Å². The fourth-order valence-corrected chi connectivity index (χ4v) is 1.37. The predicted molar refractivity (Wildman–Crippen MR) is 45.2 cm³/mol. The first-order valence-corrected chi connectivity index (χ1v) is 5.05. The van der Waals surface area contributed by atoms with Gasteiger partial charge in [0.2, 0.25) is 0 Å². The standard InChI is InChI=1S/C7H12N2O2S/c10-12(11)6-2-1-4-9-5-3-8-7-9/h3,5,7H,1-2,4,6H2,(H,10,11)/p-1. The first-order chi connectivity index (χ1) is 5.79. The van der Waals surface area contributed by atoms with Gasteiger partial charge in [-0.25, -0.2) is 4.98 Å². The highest BCUT2D eigenvalue weighted by molar-refractivity contribution is 7.79. The molecule has 68 valence electrons. The molecule has 0 radical (unpaired) electrons. The minimum atomic E-state index is -1.89. The summed E-state index contributed by atoms with van der Waals surface area (Å²) in [5.41, 5.74) is 0. The summed E-state index contributed by atoms with van der Waals surface area (Å²) < 4.78 is 22.2. The molecule has 0 aliphatic heterocycles. The predicted octanol–water partition coefficient (Wildman–Crippen LogP) is 0.542. The summed E-state index contributed by atoms with van der Waals surface area (Å²) in [6, 6.07) is 0. The lowest BCUT2D eigenvalue weighted by atomic mass is 10.3. The van der Waals surface area contributed by atoms with Crippen LogP contribution >= 0.6 is 0 Å². The number of rotatable bonds is 5. The van der Waals surface area contributed by atoms with E-state index in [1.165, 1.54) is 0 Å². The van der Waals surface area contributed by atoms with Crippen molar-refractivity contribution in [2.45, 2.75) is 19.4 Å². The van der Waals surface area contributed by atoms with Gasteiger partial charge in [-0.05, 0) is 12.8 Å². The molecule has 0 fully saturated rings. The van der Waals surface area contributed by atoms with Gasteiger partial charge in [0.1, 0.15) is 0 Å². The summed E-state index contributed by atoms with van der Waals surface area (Å²) in [5.74, 6) is 0.259. The third kappa shape index (κ3) is 3.64. The summed E-state index contributed by atoms with van der Waals surface area (Å²) >= 11 is -1.89. The van der Waals surface area contributed by atoms with E-state index in [1.807, 2.05) is 10.8 Å². The van der Waals surface area contributed by atoms with Gasteiger partial charge in [-0.15, -0.1) is 0 Å². The van der Waals surface area contributed by atoms with Gasteiger partial charge in [-0.2, -0.15) is 0 Å². The van der Waals surface area contributed by atoms with E-state index >= 15 is 0 Å². The molecule has 1 heterocycles. The molecule has 0 aliphatic rings. The maximum atomic E-state index is 10.1. The van der Waals surface area contributed by atoms with Crippen molar-refractivity contribution in [3.63, 3.8) is 0 Å². The molecule has 0 bridgehead atoms. The van der Waals surface area contributed by atoms with Gasteiger partial charge >= 0.3 is 0 Å². The molecule has 1 rings (SSSR count). The summed E-state index contributed by atoms with van der Waals surface area (Å²) in [4.78, 5) is 3.88. The van der Waals surface area contributed by atoms with E-state index in [1.54, 1.807) is 12.5 Å². The van der Waals surface area contributed by atoms with Gasteiger partial charge in [0.05, 0.1) is 6.33 Å². The Labute approximate surface area is 73.9 Å². The Bertz CT molecular complexity index is 236. The normalized spacial score (nSPS) is 13.1. The van der Waals surface area contributed by atoms with E-state index in [4.69, 9.17) is 0 Å². The van der Waals surface area contributed by atoms with Crippen LogP contribution in [0.4, 0.5) is 0 Å². The maximum absolute atomic E-state index is 10.1. The van der Waals surface area contributed by atoms with Gasteiger partial charge in [0.15, 0.2) is 0 Å². The zero-order valence-corrected chi connectivity index (χ0v) is 7.50. The molecule has 0 N–H and O–H groups in total. The van der Waals surface area contributed by atoms with Gasteiger partial charge in [0.25, 0.3) is 0 Å². The molecule has 1 aromatic heterocycles. The number of aromatic nitrogens is 2. The van der Waals surface area contributed by atoms with Crippen LogP contribution < -0.4 is 0 Å². The van der Waals surface area contributed by atoms with Crippen molar-refractivity contribution in [1.82, 2.24) is 9.55 Å². The molecule has 0 spiro atoms. The van der Waals surface area contributed by atoms with E-state index in [9.17, 15) is 8.76 Å². The van der Waals surface area contributed by atoms with E-state index in [2.05, 4.69) is 4.98 Å². The van der Waals surface area contributed by atoms with Crippen LogP contribution in [0, 0.1) is 0 Å². The summed E-state index contributed by atoms with van der Waals surface area (Å²) in [6.45, 7) is 0.844. The lowest BCUT2D eigenvalue weighted by molar-refractivity contribution is 0.530. The van der Waals surface area contributed by atoms with Crippen LogP contribution in [0.1, 0.15) is 12.8 Å². The van der Waals surface area contributed by atoms with Crippen molar-refractivity contribution in [1.29, 1.82) is 0 Å². The van der Waals surface area contributed by atoms with Crippen molar-refractivity contribution in [2.24, 2.45) is 0 Å². The van der Waals surface area contributed by atoms with Crippen LogP contribution in [0.2, 0.25) is 0 Å². The highest BCUT2D eigenvalue weighted by atomic mass is 32.2. The van der Waals surface area contributed by atoms with Crippen molar-refractivity contribution < 1.29 is 8.76 Å². The molecule has 1 atom stereocenters. The van der Waals surface area contributed by atoms with E-state index in [0.29, 0.717) is 6.42 Å². The maximum Gasteiger partial charge on any atom is 0.0945 e. The summed E-state index contributed by atoms with van der Waals surface area (Å²) in [6.07, 6.45) is 6.91. The van der Waals surface area contributed by atoms with Crippen molar-refractivity contribution in [3.8, 4) is 0 Å². The summed E-state index contributed by atoms with van der Waals surface area (Å²) in [7, 11) is 0. The Hall–Kier alpha value is -0.680. The SMILES string of the molecule is O=S([O-])CCCCn1ccnc1. The average Bonchev–Trinajstić information content (AvgIpc) is 2.49. The van der Waals surface area contributed by atoms with Crippen LogP contribution in [0.15, 0.2) is 18.7 Å². The van der Waals surface area contributed by atoms with E-state index < -0.39 is 11.1 Å². The molecule has 4 nitrogen and oxygen atoms in total. The third-order valence-electron chi connectivity index (χ3n) is 1.54. The van der Waals surface area contributed by atoms with Crippen molar-refractivity contribution in [2.75, 3.05) is 5.75 Å². The van der Waals surface area contributed by atoms with Gasteiger partial charge < -0.3 is 9.12 Å². The van der Waals surface area contributed by atoms with E-state index in [0.717, 1.165) is 13.0 Å². The number of hydrogen-bond donors (Lipinski definition) is 0. The molecule has 0 saturated carbocycles. The molecule has 5 heteroatoms. The highest BCUT2D eigenvalue weighted by Crippen LogP contribution is 1.95. The van der Waals surface area contributed by atoms with Crippen LogP contribution in [-0.2, 0) is 17.6 Å².